The van der Waals surface area contributed by atoms with Gasteiger partial charge in [0.15, 0.2) is 6.40 Å². The van der Waals surface area contributed by atoms with Gasteiger partial charge >= 0.3 is 0 Å². The number of hydrogen-bond donors (Lipinski definition) is 0. The van der Waals surface area contributed by atoms with Crippen LogP contribution in [0.25, 0.3) is 0 Å². The molecule has 3 unspecified atom stereocenters. The van der Waals surface area contributed by atoms with E-state index in [0.29, 0.717) is 17.6 Å². The Hall–Kier alpha value is -0.530. The zero-order valence-corrected chi connectivity index (χ0v) is 8.79. The molecule has 13 heavy (non-hydrogen) atoms. The van der Waals surface area contributed by atoms with Crippen molar-refractivity contribution in [3.05, 3.63) is 0 Å². The van der Waals surface area contributed by atoms with E-state index < -0.39 is 0 Å². The fraction of sp³-hybridized carbons (Fsp3) is 0.909. The predicted molar refractivity (Wildman–Crippen MR) is 53.9 cm³/mol. The van der Waals surface area contributed by atoms with E-state index in [0.717, 1.165) is 5.92 Å². The Morgan fingerprint density at radius 2 is 2.08 bits per heavy atom. The van der Waals surface area contributed by atoms with Crippen molar-refractivity contribution in [2.24, 2.45) is 16.3 Å². The third-order valence-electron chi connectivity index (χ3n) is 3.47. The average molecular weight is 181 g/mol. The minimum absolute atomic E-state index is 0.387. The number of nitrogens with zero attached hydrogens (tertiary/aromatic N) is 1. The SMILES string of the molecule is CC(C)(C)C1CCC2N=COC2C1. The molecule has 0 spiro atoms. The number of aliphatic imine (C=N–C) groups is 1. The summed E-state index contributed by atoms with van der Waals surface area (Å²) in [6, 6.07) is 0.471. The number of ether oxygens (including phenoxy) is 1. The normalized spacial score (nSPS) is 38.5. The van der Waals surface area contributed by atoms with Crippen LogP contribution in [0.4, 0.5) is 0 Å². The van der Waals surface area contributed by atoms with Crippen LogP contribution in [0.3, 0.4) is 0 Å². The van der Waals surface area contributed by atoms with E-state index in [1.54, 1.807) is 6.40 Å². The molecular formula is C11H19NO. The van der Waals surface area contributed by atoms with Crippen LogP contribution in [0.5, 0.6) is 0 Å². The topological polar surface area (TPSA) is 21.6 Å². The van der Waals surface area contributed by atoms with Crippen LogP contribution in [0.2, 0.25) is 0 Å². The van der Waals surface area contributed by atoms with Gasteiger partial charge in [0.05, 0.1) is 6.04 Å². The van der Waals surface area contributed by atoms with Gasteiger partial charge in [0.1, 0.15) is 6.10 Å². The minimum atomic E-state index is 0.387. The molecule has 3 atom stereocenters. The quantitative estimate of drug-likeness (QED) is 0.563. The molecule has 1 fully saturated rings. The molecule has 0 aromatic rings. The molecule has 1 aliphatic heterocycles. The van der Waals surface area contributed by atoms with Gasteiger partial charge in [-0.2, -0.15) is 0 Å². The number of fused-ring (bicyclic) bond motifs is 1. The zero-order chi connectivity index (χ0) is 9.47. The Kier molecular flexibility index (Phi) is 2.09. The molecule has 0 amide bonds. The van der Waals surface area contributed by atoms with Crippen molar-refractivity contribution < 1.29 is 4.74 Å². The van der Waals surface area contributed by atoms with Gasteiger partial charge in [-0.15, -0.1) is 0 Å². The summed E-state index contributed by atoms with van der Waals surface area (Å²) < 4.78 is 5.49. The van der Waals surface area contributed by atoms with Crippen LogP contribution >= 0.6 is 0 Å². The first-order chi connectivity index (χ1) is 6.07. The molecule has 1 aliphatic carbocycles. The summed E-state index contributed by atoms with van der Waals surface area (Å²) in [5.74, 6) is 0.801. The highest BCUT2D eigenvalue weighted by atomic mass is 16.5. The van der Waals surface area contributed by atoms with E-state index >= 15 is 0 Å². The average Bonchev–Trinajstić information content (AvgIpc) is 2.47. The van der Waals surface area contributed by atoms with Crippen LogP contribution in [0.1, 0.15) is 40.0 Å². The molecule has 2 nitrogen and oxygen atoms in total. The molecule has 1 saturated carbocycles. The van der Waals surface area contributed by atoms with Gasteiger partial charge in [-0.3, -0.25) is 4.99 Å². The smallest absolute Gasteiger partial charge is 0.170 e. The number of rotatable bonds is 0. The largest absolute Gasteiger partial charge is 0.478 e. The second-order valence-corrected chi connectivity index (χ2v) is 5.37. The summed E-state index contributed by atoms with van der Waals surface area (Å²) in [5.41, 5.74) is 0.428. The molecule has 2 heteroatoms. The van der Waals surface area contributed by atoms with Gasteiger partial charge in [-0.25, -0.2) is 0 Å². The van der Waals surface area contributed by atoms with Crippen molar-refractivity contribution in [3.63, 3.8) is 0 Å². The van der Waals surface area contributed by atoms with Crippen molar-refractivity contribution in [1.82, 2.24) is 0 Å². The maximum Gasteiger partial charge on any atom is 0.170 e. The van der Waals surface area contributed by atoms with Gasteiger partial charge < -0.3 is 4.74 Å². The molecule has 0 radical (unpaired) electrons. The first-order valence-electron chi connectivity index (χ1n) is 5.24. The molecule has 1 heterocycles. The Morgan fingerprint density at radius 3 is 2.77 bits per heavy atom. The fourth-order valence-corrected chi connectivity index (χ4v) is 2.41. The highest BCUT2D eigenvalue weighted by Crippen LogP contribution is 2.40. The Balaban J connectivity index is 1.99. The minimum Gasteiger partial charge on any atom is -0.478 e. The van der Waals surface area contributed by atoms with Crippen molar-refractivity contribution in [2.45, 2.75) is 52.2 Å². The lowest BCUT2D eigenvalue weighted by Gasteiger charge is -2.37. The lowest BCUT2D eigenvalue weighted by atomic mass is 9.70. The van der Waals surface area contributed by atoms with Gasteiger partial charge in [0, 0.05) is 0 Å². The highest BCUT2D eigenvalue weighted by molar-refractivity contribution is 5.50. The molecule has 0 bridgehead atoms. The van der Waals surface area contributed by atoms with Crippen molar-refractivity contribution in [1.29, 1.82) is 0 Å². The molecular weight excluding hydrogens is 162 g/mol. The van der Waals surface area contributed by atoms with E-state index in [4.69, 9.17) is 4.74 Å². The van der Waals surface area contributed by atoms with Crippen LogP contribution in [-0.4, -0.2) is 18.5 Å². The second-order valence-electron chi connectivity index (χ2n) is 5.37. The fourth-order valence-electron chi connectivity index (χ4n) is 2.41. The summed E-state index contributed by atoms with van der Waals surface area (Å²) in [6.07, 6.45) is 5.75. The Bertz CT molecular complexity index is 217. The third-order valence-corrected chi connectivity index (χ3v) is 3.47. The van der Waals surface area contributed by atoms with E-state index in [1.165, 1.54) is 19.3 Å². The molecule has 2 rings (SSSR count). The molecule has 74 valence electrons. The van der Waals surface area contributed by atoms with E-state index in [9.17, 15) is 0 Å². The lowest BCUT2D eigenvalue weighted by Crippen LogP contribution is -2.36. The highest BCUT2D eigenvalue weighted by Gasteiger charge is 2.38. The molecule has 0 N–H and O–H groups in total. The van der Waals surface area contributed by atoms with Gasteiger partial charge in [0.2, 0.25) is 0 Å². The number of hydrogen-bond acceptors (Lipinski definition) is 2. The first-order valence-corrected chi connectivity index (χ1v) is 5.24. The second kappa shape index (κ2) is 3.00. The standard InChI is InChI=1S/C11H19NO/c1-11(2,3)8-4-5-9-10(6-8)13-7-12-9/h7-10H,4-6H2,1-3H3. The summed E-state index contributed by atoms with van der Waals surface area (Å²) in [6.45, 7) is 6.98. The summed E-state index contributed by atoms with van der Waals surface area (Å²) in [4.78, 5) is 4.33. The monoisotopic (exact) mass is 181 g/mol. The summed E-state index contributed by atoms with van der Waals surface area (Å²) in [7, 11) is 0. The van der Waals surface area contributed by atoms with Crippen molar-refractivity contribution >= 4 is 6.40 Å². The van der Waals surface area contributed by atoms with Crippen molar-refractivity contribution in [3.8, 4) is 0 Å². The summed E-state index contributed by atoms with van der Waals surface area (Å²) in [5, 5.41) is 0. The van der Waals surface area contributed by atoms with Crippen LogP contribution in [-0.2, 0) is 4.74 Å². The van der Waals surface area contributed by atoms with Crippen LogP contribution in [0, 0.1) is 11.3 Å². The van der Waals surface area contributed by atoms with Gasteiger partial charge in [-0.05, 0) is 30.6 Å². The predicted octanol–water partition coefficient (Wildman–Crippen LogP) is 2.63. The molecule has 0 aromatic heterocycles. The van der Waals surface area contributed by atoms with E-state index in [1.807, 2.05) is 0 Å². The van der Waals surface area contributed by atoms with E-state index in [2.05, 4.69) is 25.8 Å². The van der Waals surface area contributed by atoms with Gasteiger partial charge in [0.25, 0.3) is 0 Å². The first kappa shape index (κ1) is 9.04. The maximum atomic E-state index is 5.49. The molecule has 2 aliphatic rings. The van der Waals surface area contributed by atoms with Crippen LogP contribution in [0.15, 0.2) is 4.99 Å². The van der Waals surface area contributed by atoms with E-state index in [-0.39, 0.29) is 0 Å². The Labute approximate surface area is 80.4 Å². The molecule has 0 aromatic carbocycles. The zero-order valence-electron chi connectivity index (χ0n) is 8.79. The van der Waals surface area contributed by atoms with Gasteiger partial charge in [-0.1, -0.05) is 20.8 Å². The molecule has 0 saturated heterocycles. The third kappa shape index (κ3) is 1.72. The summed E-state index contributed by atoms with van der Waals surface area (Å²) >= 11 is 0. The van der Waals surface area contributed by atoms with Crippen molar-refractivity contribution in [2.75, 3.05) is 0 Å². The Morgan fingerprint density at radius 1 is 1.31 bits per heavy atom. The maximum absolute atomic E-state index is 5.49. The lowest BCUT2D eigenvalue weighted by molar-refractivity contribution is 0.0741. The van der Waals surface area contributed by atoms with Crippen LogP contribution < -0.4 is 0 Å².